The minimum absolute atomic E-state index is 0.0746. The van der Waals surface area contributed by atoms with E-state index in [-0.39, 0.29) is 18.1 Å². The van der Waals surface area contributed by atoms with Crippen molar-refractivity contribution in [3.63, 3.8) is 0 Å². The summed E-state index contributed by atoms with van der Waals surface area (Å²) >= 11 is 36.6. The van der Waals surface area contributed by atoms with Crippen LogP contribution in [0.1, 0.15) is 89.7 Å². The fraction of sp³-hybridized carbons (Fsp3) is 0.226. The average molecular weight is 987 g/mol. The number of halogens is 6. The summed E-state index contributed by atoms with van der Waals surface area (Å²) in [5.41, 5.74) is 15.9. The molecule has 2 aliphatic rings. The van der Waals surface area contributed by atoms with Crippen LogP contribution in [-0.2, 0) is 39.7 Å². The molecule has 6 aromatic carbocycles. The number of fused-ring (bicyclic) bond motifs is 3. The molecule has 304 valence electrons. The predicted octanol–water partition coefficient (Wildman–Crippen LogP) is 17.1. The van der Waals surface area contributed by atoms with Gasteiger partial charge in [-0.3, -0.25) is 0 Å². The average Bonchev–Trinajstić information content (AvgIpc) is 3.85. The van der Waals surface area contributed by atoms with E-state index < -0.39 is 28.9 Å². The molecule has 2 aliphatic carbocycles. The summed E-state index contributed by atoms with van der Waals surface area (Å²) in [6.07, 6.45) is 9.19. The van der Waals surface area contributed by atoms with Crippen LogP contribution in [0.4, 0.5) is 0 Å². The van der Waals surface area contributed by atoms with E-state index in [0.717, 1.165) is 11.1 Å². The molecule has 0 aromatic heterocycles. The van der Waals surface area contributed by atoms with Crippen molar-refractivity contribution in [3.8, 4) is 33.4 Å². The van der Waals surface area contributed by atoms with Crippen LogP contribution in [-0.4, -0.2) is 3.21 Å². The van der Waals surface area contributed by atoms with Crippen LogP contribution in [0.25, 0.3) is 33.4 Å². The summed E-state index contributed by atoms with van der Waals surface area (Å²) in [5, 5.41) is 0. The van der Waals surface area contributed by atoms with Crippen LogP contribution < -0.4 is 0 Å². The summed E-state index contributed by atoms with van der Waals surface area (Å²) in [4.78, 5) is 0. The third-order valence-corrected chi connectivity index (χ3v) is 21.7. The Hall–Kier alpha value is -2.71. The van der Waals surface area contributed by atoms with E-state index in [1.165, 1.54) is 58.8 Å². The van der Waals surface area contributed by atoms with Gasteiger partial charge in [-0.2, -0.15) is 0 Å². The minimum atomic E-state index is -3.32. The molecule has 0 fully saturated rings. The number of alkyl halides is 6. The van der Waals surface area contributed by atoms with Gasteiger partial charge in [0.05, 0.1) is 0 Å². The van der Waals surface area contributed by atoms with Crippen molar-refractivity contribution in [2.45, 2.75) is 67.2 Å². The van der Waals surface area contributed by atoms with Crippen molar-refractivity contribution < 1.29 is 21.3 Å². The molecule has 8 rings (SSSR count). The molecule has 0 N–H and O–H groups in total. The third kappa shape index (κ3) is 8.77. The second kappa shape index (κ2) is 16.8. The van der Waals surface area contributed by atoms with Crippen LogP contribution in [0.2, 0.25) is 3.63 Å². The van der Waals surface area contributed by atoms with Gasteiger partial charge < -0.3 is 0 Å². The molecular weight excluding hydrogens is 941 g/mol. The summed E-state index contributed by atoms with van der Waals surface area (Å²) in [6.45, 7) is 13.9. The Morgan fingerprint density at radius 3 is 1.22 bits per heavy atom. The van der Waals surface area contributed by atoms with Crippen LogP contribution in [0.3, 0.4) is 0 Å². The standard InChI is InChI=1S/C33H33.C15H8Cl6.C5H5.Zr/c1-32(2,3)30-20-26-24(18-28(30)22-13-9-7-10-14-22)17-25-19-29(23-15-11-8-12-16-23)31(21-27(25)26)33(4,5)6;16-14(17,18)12-5-1-3-10(8-12)7-11-4-2-6-13(9-11)15(19,20)21;1-2-4-5-3-1;/h7-21H,1-6H3;1-6,8-9H;1-5H;. The SMILES string of the molecule is CC(C)(C)c1cc2c(cc1-c1ccccc1)[CH]([Zr](=[C](c1cccc(C(Cl)(Cl)Cl)c1)c1cccc(C(Cl)(Cl)Cl)c1)[CH]1C=CC=C1)c1cc(-c3ccccc3)c(C(C)(C)C)cc1-2. The molecule has 0 radical (unpaired) electrons. The monoisotopic (exact) mass is 982 g/mol. The fourth-order valence-electron chi connectivity index (χ4n) is 8.98. The molecule has 6 aromatic rings. The van der Waals surface area contributed by atoms with Gasteiger partial charge in [0.2, 0.25) is 0 Å². The molecule has 7 heteroatoms. The first-order valence-electron chi connectivity index (χ1n) is 20.2. The van der Waals surface area contributed by atoms with E-state index in [0.29, 0.717) is 11.1 Å². The Balaban J connectivity index is 1.57. The summed E-state index contributed by atoms with van der Waals surface area (Å²) in [7, 11) is 0. The van der Waals surface area contributed by atoms with Gasteiger partial charge in [-0.25, -0.2) is 0 Å². The molecule has 0 saturated heterocycles. The van der Waals surface area contributed by atoms with Crippen LogP contribution in [0, 0.1) is 0 Å². The van der Waals surface area contributed by atoms with E-state index in [1.807, 2.05) is 24.3 Å². The topological polar surface area (TPSA) is 0 Å². The Morgan fingerprint density at radius 1 is 0.450 bits per heavy atom. The summed E-state index contributed by atoms with van der Waals surface area (Å²) in [6, 6.07) is 48.0. The summed E-state index contributed by atoms with van der Waals surface area (Å²) < 4.78 is -1.72. The molecule has 0 bridgehead atoms. The first-order valence-corrected chi connectivity index (χ1v) is 26.6. The molecule has 0 spiro atoms. The van der Waals surface area contributed by atoms with Gasteiger partial charge in [-0.15, -0.1) is 0 Å². The van der Waals surface area contributed by atoms with Gasteiger partial charge in [-0.1, -0.05) is 0 Å². The fourth-order valence-corrected chi connectivity index (χ4v) is 18.9. The van der Waals surface area contributed by atoms with Gasteiger partial charge in [0.25, 0.3) is 0 Å². The number of hydrogen-bond acceptors (Lipinski definition) is 0. The maximum atomic E-state index is 6.65. The van der Waals surface area contributed by atoms with Crippen LogP contribution in [0.5, 0.6) is 0 Å². The van der Waals surface area contributed by atoms with E-state index in [2.05, 4.69) is 175 Å². The van der Waals surface area contributed by atoms with Crippen molar-refractivity contribution in [2.75, 3.05) is 0 Å². The first kappa shape index (κ1) is 43.9. The molecule has 0 unspecified atom stereocenters. The Morgan fingerprint density at radius 2 is 0.850 bits per heavy atom. The van der Waals surface area contributed by atoms with Crippen molar-refractivity contribution in [2.24, 2.45) is 0 Å². The van der Waals surface area contributed by atoms with Crippen molar-refractivity contribution in [1.29, 1.82) is 0 Å². The van der Waals surface area contributed by atoms with E-state index >= 15 is 0 Å². The Kier molecular flexibility index (Phi) is 12.3. The van der Waals surface area contributed by atoms with Gasteiger partial charge >= 0.3 is 397 Å². The number of hydrogen-bond donors (Lipinski definition) is 0. The quantitative estimate of drug-likeness (QED) is 0.146. The molecule has 0 amide bonds. The summed E-state index contributed by atoms with van der Waals surface area (Å²) in [5.74, 6) is 0. The maximum absolute atomic E-state index is 6.65. The number of allylic oxidation sites excluding steroid dienone is 4. The molecule has 0 atom stereocenters. The van der Waals surface area contributed by atoms with Crippen molar-refractivity contribution in [1.82, 2.24) is 0 Å². The Labute approximate surface area is 393 Å². The van der Waals surface area contributed by atoms with Gasteiger partial charge in [0, 0.05) is 0 Å². The first-order chi connectivity index (χ1) is 28.3. The van der Waals surface area contributed by atoms with Crippen LogP contribution >= 0.6 is 69.6 Å². The zero-order valence-electron chi connectivity index (χ0n) is 34.4. The van der Waals surface area contributed by atoms with E-state index in [9.17, 15) is 0 Å². The zero-order chi connectivity index (χ0) is 42.8. The molecule has 0 heterocycles. The van der Waals surface area contributed by atoms with Crippen molar-refractivity contribution in [3.05, 3.63) is 202 Å². The van der Waals surface area contributed by atoms with E-state index in [4.69, 9.17) is 69.6 Å². The second-order valence-electron chi connectivity index (χ2n) is 17.9. The number of benzene rings is 6. The van der Waals surface area contributed by atoms with Gasteiger partial charge in [0.15, 0.2) is 0 Å². The molecule has 0 aliphatic heterocycles. The molecular formula is C53H46Cl6Zr. The number of rotatable bonds is 6. The zero-order valence-corrected chi connectivity index (χ0v) is 41.4. The molecule has 0 saturated carbocycles. The predicted molar refractivity (Wildman–Crippen MR) is 259 cm³/mol. The third-order valence-electron chi connectivity index (χ3n) is 11.7. The van der Waals surface area contributed by atoms with Crippen LogP contribution in [0.15, 0.2) is 158 Å². The van der Waals surface area contributed by atoms with Gasteiger partial charge in [0.1, 0.15) is 0 Å². The molecule has 0 nitrogen and oxygen atoms in total. The van der Waals surface area contributed by atoms with Gasteiger partial charge in [-0.05, 0) is 0 Å². The normalized spacial score (nSPS) is 14.4. The Bertz CT molecular complexity index is 2510. The van der Waals surface area contributed by atoms with E-state index in [1.54, 1.807) is 0 Å². The second-order valence-corrected chi connectivity index (χ2v) is 29.0. The van der Waals surface area contributed by atoms with Crippen molar-refractivity contribution >= 4 is 72.8 Å². The molecule has 60 heavy (non-hydrogen) atoms.